The number of piperidine rings is 1. The van der Waals surface area contributed by atoms with E-state index in [1.807, 2.05) is 65.8 Å². The molecule has 0 atom stereocenters. The van der Waals surface area contributed by atoms with E-state index >= 15 is 0 Å². The molecule has 1 aliphatic heterocycles. The number of anilines is 2. The molecule has 0 saturated carbocycles. The second-order valence-corrected chi connectivity index (χ2v) is 8.58. The van der Waals surface area contributed by atoms with E-state index in [1.54, 1.807) is 6.33 Å². The molecule has 6 rings (SSSR count). The number of nitrogens with one attached hydrogen (secondary N) is 2. The summed E-state index contributed by atoms with van der Waals surface area (Å²) in [6.45, 7) is 1.57. The molecule has 0 unspecified atom stereocenters. The van der Waals surface area contributed by atoms with Gasteiger partial charge in [0.2, 0.25) is 0 Å². The summed E-state index contributed by atoms with van der Waals surface area (Å²) in [5.74, 6) is 2.43. The van der Waals surface area contributed by atoms with Crippen LogP contribution in [0, 0.1) is 0 Å². The zero-order valence-corrected chi connectivity index (χ0v) is 19.1. The van der Waals surface area contributed by atoms with Gasteiger partial charge >= 0.3 is 5.69 Å². The molecule has 1 saturated heterocycles. The number of fused-ring (bicyclic) bond motifs is 2. The van der Waals surface area contributed by atoms with Gasteiger partial charge in [0, 0.05) is 45.0 Å². The van der Waals surface area contributed by atoms with Crippen LogP contribution in [0.3, 0.4) is 0 Å². The highest BCUT2D eigenvalue weighted by molar-refractivity contribution is 5.87. The van der Waals surface area contributed by atoms with E-state index < -0.39 is 0 Å². The van der Waals surface area contributed by atoms with Gasteiger partial charge in [-0.25, -0.2) is 24.7 Å². The van der Waals surface area contributed by atoms with Crippen molar-refractivity contribution < 1.29 is 0 Å². The van der Waals surface area contributed by atoms with Crippen LogP contribution in [0.1, 0.15) is 18.9 Å². The molecule has 10 nitrogen and oxygen atoms in total. The van der Waals surface area contributed by atoms with Crippen LogP contribution < -0.4 is 15.9 Å². The highest BCUT2D eigenvalue weighted by Gasteiger charge is 2.26. The zero-order valence-electron chi connectivity index (χ0n) is 19.1. The van der Waals surface area contributed by atoms with E-state index in [1.165, 1.54) is 0 Å². The number of hydrogen-bond donors (Lipinski definition) is 2. The minimum absolute atomic E-state index is 0.0451. The van der Waals surface area contributed by atoms with Gasteiger partial charge < -0.3 is 19.8 Å². The first kappa shape index (κ1) is 20.4. The maximum atomic E-state index is 12.6. The predicted molar refractivity (Wildman–Crippen MR) is 132 cm³/mol. The fourth-order valence-corrected chi connectivity index (χ4v) is 4.92. The van der Waals surface area contributed by atoms with Crippen LogP contribution >= 0.6 is 0 Å². The SMILES string of the molecule is CNc1ccc(-c2nc3c(N4CCC(n5c(=O)[nH]c6ccccc65)CC4)ncnc3n2C)cn1. The lowest BCUT2D eigenvalue weighted by Gasteiger charge is -2.33. The van der Waals surface area contributed by atoms with Gasteiger partial charge in [0.1, 0.15) is 18.0 Å². The van der Waals surface area contributed by atoms with Crippen LogP contribution in [0.15, 0.2) is 53.7 Å². The Bertz CT molecular complexity index is 1540. The second kappa shape index (κ2) is 7.98. The molecule has 0 amide bonds. The Kier molecular flexibility index (Phi) is 4.79. The third-order valence-electron chi connectivity index (χ3n) is 6.67. The Morgan fingerprint density at radius 1 is 1.06 bits per heavy atom. The van der Waals surface area contributed by atoms with Crippen LogP contribution in [-0.4, -0.2) is 54.2 Å². The number of hydrogen-bond acceptors (Lipinski definition) is 7. The molecule has 0 aliphatic carbocycles. The normalized spacial score (nSPS) is 14.8. The van der Waals surface area contributed by atoms with Crippen molar-refractivity contribution in [3.63, 3.8) is 0 Å². The molecule has 10 heteroatoms. The number of H-pyrrole nitrogens is 1. The summed E-state index contributed by atoms with van der Waals surface area (Å²) in [5, 5.41) is 3.04. The fourth-order valence-electron chi connectivity index (χ4n) is 4.92. The topological polar surface area (TPSA) is 110 Å². The van der Waals surface area contributed by atoms with Crippen molar-refractivity contribution >= 4 is 33.8 Å². The second-order valence-electron chi connectivity index (χ2n) is 8.58. The molecule has 0 spiro atoms. The van der Waals surface area contributed by atoms with Crippen molar-refractivity contribution in [3.8, 4) is 11.4 Å². The smallest absolute Gasteiger partial charge is 0.326 e. The lowest BCUT2D eigenvalue weighted by molar-refractivity contribution is 0.395. The summed E-state index contributed by atoms with van der Waals surface area (Å²) in [4.78, 5) is 36.3. The first-order valence-corrected chi connectivity index (χ1v) is 11.4. The molecule has 172 valence electrons. The van der Waals surface area contributed by atoms with Crippen LogP contribution in [0.5, 0.6) is 0 Å². The summed E-state index contributed by atoms with van der Waals surface area (Å²) in [5.41, 5.74) is 4.28. The number of pyridine rings is 1. The van der Waals surface area contributed by atoms with E-state index in [0.717, 1.165) is 71.2 Å². The van der Waals surface area contributed by atoms with Gasteiger partial charge in [-0.15, -0.1) is 0 Å². The van der Waals surface area contributed by atoms with Gasteiger partial charge in [-0.2, -0.15) is 0 Å². The summed E-state index contributed by atoms with van der Waals surface area (Å²) >= 11 is 0. The predicted octanol–water partition coefficient (Wildman–Crippen LogP) is 2.95. The maximum Gasteiger partial charge on any atom is 0.326 e. The average molecular weight is 456 g/mol. The van der Waals surface area contributed by atoms with Crippen LogP contribution in [0.2, 0.25) is 0 Å². The van der Waals surface area contributed by atoms with Crippen molar-refractivity contribution in [1.29, 1.82) is 0 Å². The highest BCUT2D eigenvalue weighted by atomic mass is 16.1. The third kappa shape index (κ3) is 3.21. The van der Waals surface area contributed by atoms with Gasteiger partial charge in [-0.3, -0.25) is 4.57 Å². The number of para-hydroxylation sites is 2. The number of imidazole rings is 2. The quantitative estimate of drug-likeness (QED) is 0.429. The van der Waals surface area contributed by atoms with Crippen molar-refractivity contribution in [2.75, 3.05) is 30.4 Å². The van der Waals surface area contributed by atoms with Gasteiger partial charge in [-0.05, 0) is 37.1 Å². The molecule has 0 radical (unpaired) electrons. The fraction of sp³-hybridized carbons (Fsp3) is 0.292. The first-order chi connectivity index (χ1) is 16.6. The monoisotopic (exact) mass is 455 g/mol. The number of benzene rings is 1. The zero-order chi connectivity index (χ0) is 23.2. The molecule has 1 aliphatic rings. The number of aromatic amines is 1. The van der Waals surface area contributed by atoms with E-state index in [0.29, 0.717) is 0 Å². The molecule has 2 N–H and O–H groups in total. The van der Waals surface area contributed by atoms with Crippen molar-refractivity contribution in [2.24, 2.45) is 7.05 Å². The average Bonchev–Trinajstić information content (AvgIpc) is 3.40. The Morgan fingerprint density at radius 3 is 2.65 bits per heavy atom. The Hall–Kier alpha value is -4.21. The molecule has 1 fully saturated rings. The lowest BCUT2D eigenvalue weighted by Crippen LogP contribution is -2.37. The van der Waals surface area contributed by atoms with Crippen molar-refractivity contribution in [3.05, 3.63) is 59.4 Å². The standard InChI is InChI=1S/C24H25N9O/c1-25-19-8-7-15(13-26-19)21-30-20-22(31(21)2)27-14-28-23(20)32-11-9-16(10-12-32)33-18-6-4-3-5-17(18)29-24(33)34/h3-8,13-14,16H,9-12H2,1-2H3,(H,25,26)(H,29,34). The lowest BCUT2D eigenvalue weighted by atomic mass is 10.0. The van der Waals surface area contributed by atoms with Crippen LogP contribution in [0.4, 0.5) is 11.6 Å². The van der Waals surface area contributed by atoms with Crippen LogP contribution in [0.25, 0.3) is 33.6 Å². The Morgan fingerprint density at radius 2 is 1.88 bits per heavy atom. The number of nitrogens with zero attached hydrogens (tertiary/aromatic N) is 7. The molecular weight excluding hydrogens is 430 g/mol. The Balaban J connectivity index is 1.30. The van der Waals surface area contributed by atoms with Gasteiger partial charge in [-0.1, -0.05) is 12.1 Å². The van der Waals surface area contributed by atoms with Crippen molar-refractivity contribution in [1.82, 2.24) is 34.1 Å². The van der Waals surface area contributed by atoms with Gasteiger partial charge in [0.25, 0.3) is 0 Å². The number of aryl methyl sites for hydroxylation is 1. The molecule has 4 aromatic heterocycles. The Labute approximate surface area is 195 Å². The summed E-state index contributed by atoms with van der Waals surface area (Å²) in [6, 6.07) is 11.9. The summed E-state index contributed by atoms with van der Waals surface area (Å²) < 4.78 is 3.89. The summed E-state index contributed by atoms with van der Waals surface area (Å²) in [7, 11) is 3.81. The highest BCUT2D eigenvalue weighted by Crippen LogP contribution is 2.32. The summed E-state index contributed by atoms with van der Waals surface area (Å²) in [6.07, 6.45) is 5.11. The maximum absolute atomic E-state index is 12.6. The van der Waals surface area contributed by atoms with Gasteiger partial charge in [0.05, 0.1) is 11.0 Å². The van der Waals surface area contributed by atoms with E-state index in [2.05, 4.69) is 30.2 Å². The molecule has 0 bridgehead atoms. The van der Waals surface area contributed by atoms with E-state index in [4.69, 9.17) is 4.98 Å². The number of aromatic nitrogens is 7. The molecule has 5 heterocycles. The van der Waals surface area contributed by atoms with Crippen LogP contribution in [-0.2, 0) is 7.05 Å². The van der Waals surface area contributed by atoms with Crippen molar-refractivity contribution in [2.45, 2.75) is 18.9 Å². The molecular formula is C24H25N9O. The largest absolute Gasteiger partial charge is 0.373 e. The number of rotatable bonds is 4. The van der Waals surface area contributed by atoms with E-state index in [-0.39, 0.29) is 11.7 Å². The minimum Gasteiger partial charge on any atom is -0.373 e. The van der Waals surface area contributed by atoms with E-state index in [9.17, 15) is 4.79 Å². The molecule has 5 aromatic rings. The first-order valence-electron chi connectivity index (χ1n) is 11.4. The minimum atomic E-state index is -0.0451. The molecule has 1 aromatic carbocycles. The molecule has 34 heavy (non-hydrogen) atoms. The third-order valence-corrected chi connectivity index (χ3v) is 6.67. The van der Waals surface area contributed by atoms with Gasteiger partial charge in [0.15, 0.2) is 17.0 Å².